The first-order valence-electron chi connectivity index (χ1n) is 5.60. The van der Waals surface area contributed by atoms with Crippen LogP contribution < -0.4 is 0 Å². The van der Waals surface area contributed by atoms with Crippen LogP contribution in [0.25, 0.3) is 0 Å². The van der Waals surface area contributed by atoms with Crippen molar-refractivity contribution in [2.45, 2.75) is 12.3 Å². The molecule has 0 radical (unpaired) electrons. The van der Waals surface area contributed by atoms with Gasteiger partial charge in [0.2, 0.25) is 0 Å². The fraction of sp³-hybridized carbons (Fsp3) is 0.133. The normalized spacial score (nSPS) is 11.8. The van der Waals surface area contributed by atoms with Crippen molar-refractivity contribution in [3.63, 3.8) is 0 Å². The van der Waals surface area contributed by atoms with Crippen LogP contribution in [0.4, 0.5) is 0 Å². The molecule has 2 aromatic rings. The van der Waals surface area contributed by atoms with Gasteiger partial charge >= 0.3 is 0 Å². The van der Waals surface area contributed by atoms with Crippen molar-refractivity contribution in [1.82, 2.24) is 0 Å². The van der Waals surface area contributed by atoms with E-state index in [9.17, 15) is 5.26 Å². The fourth-order valence-corrected chi connectivity index (χ4v) is 2.57. The lowest BCUT2D eigenvalue weighted by Gasteiger charge is -2.13. The van der Waals surface area contributed by atoms with Gasteiger partial charge in [0.25, 0.3) is 0 Å². The second-order valence-corrected chi connectivity index (χ2v) is 4.82. The van der Waals surface area contributed by atoms with E-state index in [0.717, 1.165) is 5.56 Å². The van der Waals surface area contributed by atoms with E-state index in [4.69, 9.17) is 23.2 Å². The zero-order chi connectivity index (χ0) is 13.0. The Morgan fingerprint density at radius 1 is 0.944 bits per heavy atom. The zero-order valence-corrected chi connectivity index (χ0v) is 11.1. The van der Waals surface area contributed by atoms with Crippen LogP contribution in [0.5, 0.6) is 0 Å². The lowest BCUT2D eigenvalue weighted by Crippen LogP contribution is -2.02. The Balaban J connectivity index is 2.33. The van der Waals surface area contributed by atoms with Gasteiger partial charge in [-0.2, -0.15) is 5.26 Å². The summed E-state index contributed by atoms with van der Waals surface area (Å²) < 4.78 is 0. The number of benzene rings is 2. The van der Waals surface area contributed by atoms with Crippen molar-refractivity contribution in [2.75, 3.05) is 0 Å². The van der Waals surface area contributed by atoms with Crippen molar-refractivity contribution in [2.24, 2.45) is 0 Å². The second-order valence-electron chi connectivity index (χ2n) is 4.01. The zero-order valence-electron chi connectivity index (χ0n) is 9.61. The lowest BCUT2D eigenvalue weighted by atomic mass is 9.93. The van der Waals surface area contributed by atoms with Crippen LogP contribution in [0, 0.1) is 11.3 Å². The summed E-state index contributed by atoms with van der Waals surface area (Å²) in [4.78, 5) is 0. The third kappa shape index (κ3) is 2.85. The second kappa shape index (κ2) is 5.91. The Kier molecular flexibility index (Phi) is 4.25. The standard InChI is InChI=1S/C15H11Cl2N/c16-13-7-4-8-14(17)15(13)12(10-18)9-11-5-2-1-3-6-11/h1-8,12H,9H2. The molecule has 2 aromatic carbocycles. The van der Waals surface area contributed by atoms with Crippen molar-refractivity contribution in [3.8, 4) is 6.07 Å². The third-order valence-corrected chi connectivity index (χ3v) is 3.45. The molecular formula is C15H11Cl2N. The molecule has 1 unspecified atom stereocenters. The van der Waals surface area contributed by atoms with Crippen LogP contribution in [0.15, 0.2) is 48.5 Å². The van der Waals surface area contributed by atoms with Crippen molar-refractivity contribution in [1.29, 1.82) is 5.26 Å². The molecule has 1 atom stereocenters. The van der Waals surface area contributed by atoms with E-state index < -0.39 is 0 Å². The minimum absolute atomic E-state index is 0.325. The first-order valence-corrected chi connectivity index (χ1v) is 6.35. The van der Waals surface area contributed by atoms with Crippen LogP contribution in [-0.2, 0) is 6.42 Å². The Bertz CT molecular complexity index is 553. The van der Waals surface area contributed by atoms with Gasteiger partial charge in [-0.05, 0) is 24.1 Å². The van der Waals surface area contributed by atoms with E-state index in [1.54, 1.807) is 18.2 Å². The molecule has 2 rings (SSSR count). The van der Waals surface area contributed by atoms with Crippen molar-refractivity contribution < 1.29 is 0 Å². The average Bonchev–Trinajstić information content (AvgIpc) is 2.38. The number of hydrogen-bond donors (Lipinski definition) is 0. The summed E-state index contributed by atoms with van der Waals surface area (Å²) in [6.45, 7) is 0. The summed E-state index contributed by atoms with van der Waals surface area (Å²) in [5.74, 6) is -0.325. The molecular weight excluding hydrogens is 265 g/mol. The first-order chi connectivity index (χ1) is 8.72. The molecule has 1 nitrogen and oxygen atoms in total. The predicted octanol–water partition coefficient (Wildman–Crippen LogP) is 4.84. The van der Waals surface area contributed by atoms with Gasteiger partial charge in [-0.25, -0.2) is 0 Å². The lowest BCUT2D eigenvalue weighted by molar-refractivity contribution is 0.849. The van der Waals surface area contributed by atoms with E-state index in [-0.39, 0.29) is 5.92 Å². The Morgan fingerprint density at radius 3 is 2.11 bits per heavy atom. The molecule has 0 bridgehead atoms. The highest BCUT2D eigenvalue weighted by Gasteiger charge is 2.17. The number of rotatable bonds is 3. The van der Waals surface area contributed by atoms with Crippen LogP contribution in [0.1, 0.15) is 17.0 Å². The third-order valence-electron chi connectivity index (χ3n) is 2.79. The van der Waals surface area contributed by atoms with Crippen LogP contribution in [0.2, 0.25) is 10.0 Å². The van der Waals surface area contributed by atoms with Gasteiger partial charge in [-0.1, -0.05) is 59.6 Å². The quantitative estimate of drug-likeness (QED) is 0.786. The molecule has 0 fully saturated rings. The molecule has 0 aliphatic rings. The Labute approximate surface area is 117 Å². The van der Waals surface area contributed by atoms with E-state index in [1.807, 2.05) is 30.3 Å². The van der Waals surface area contributed by atoms with Crippen LogP contribution >= 0.6 is 23.2 Å². The minimum atomic E-state index is -0.325. The summed E-state index contributed by atoms with van der Waals surface area (Å²) in [6.07, 6.45) is 0.612. The van der Waals surface area contributed by atoms with Gasteiger partial charge < -0.3 is 0 Å². The smallest absolute Gasteiger partial charge is 0.0782 e. The van der Waals surface area contributed by atoms with E-state index >= 15 is 0 Å². The molecule has 0 aliphatic carbocycles. The van der Waals surface area contributed by atoms with Gasteiger partial charge in [0.15, 0.2) is 0 Å². The molecule has 0 saturated carbocycles. The van der Waals surface area contributed by atoms with E-state index in [0.29, 0.717) is 22.0 Å². The molecule has 0 N–H and O–H groups in total. The largest absolute Gasteiger partial charge is 0.198 e. The first kappa shape index (κ1) is 13.0. The number of nitriles is 1. The highest BCUT2D eigenvalue weighted by molar-refractivity contribution is 6.36. The topological polar surface area (TPSA) is 23.8 Å². The molecule has 90 valence electrons. The molecule has 0 amide bonds. The SMILES string of the molecule is N#CC(Cc1ccccc1)c1c(Cl)cccc1Cl. The van der Waals surface area contributed by atoms with Crippen molar-refractivity contribution >= 4 is 23.2 Å². The molecule has 0 aliphatic heterocycles. The fourth-order valence-electron chi connectivity index (χ4n) is 1.91. The highest BCUT2D eigenvalue weighted by atomic mass is 35.5. The number of halogens is 2. The summed E-state index contributed by atoms with van der Waals surface area (Å²) in [5.41, 5.74) is 1.81. The van der Waals surface area contributed by atoms with Gasteiger partial charge in [-0.3, -0.25) is 0 Å². The Morgan fingerprint density at radius 2 is 1.56 bits per heavy atom. The summed E-state index contributed by atoms with van der Waals surface area (Å²) in [6, 6.07) is 17.4. The molecule has 0 heterocycles. The maximum atomic E-state index is 9.32. The number of hydrogen-bond acceptors (Lipinski definition) is 1. The van der Waals surface area contributed by atoms with E-state index in [2.05, 4.69) is 6.07 Å². The maximum Gasteiger partial charge on any atom is 0.0782 e. The monoisotopic (exact) mass is 275 g/mol. The summed E-state index contributed by atoms with van der Waals surface area (Å²) in [5, 5.41) is 10.4. The average molecular weight is 276 g/mol. The van der Waals surface area contributed by atoms with Gasteiger partial charge in [0.1, 0.15) is 0 Å². The highest BCUT2D eigenvalue weighted by Crippen LogP contribution is 2.33. The Hall–Kier alpha value is -1.49. The molecule has 0 aromatic heterocycles. The maximum absolute atomic E-state index is 9.32. The van der Waals surface area contributed by atoms with Gasteiger partial charge in [0.05, 0.1) is 12.0 Å². The van der Waals surface area contributed by atoms with Gasteiger partial charge in [0, 0.05) is 15.6 Å². The van der Waals surface area contributed by atoms with E-state index in [1.165, 1.54) is 0 Å². The predicted molar refractivity (Wildman–Crippen MR) is 75.0 cm³/mol. The summed E-state index contributed by atoms with van der Waals surface area (Å²) >= 11 is 12.3. The summed E-state index contributed by atoms with van der Waals surface area (Å²) in [7, 11) is 0. The van der Waals surface area contributed by atoms with Gasteiger partial charge in [-0.15, -0.1) is 0 Å². The number of nitrogens with zero attached hydrogens (tertiary/aromatic N) is 1. The van der Waals surface area contributed by atoms with Crippen LogP contribution in [-0.4, -0.2) is 0 Å². The van der Waals surface area contributed by atoms with Crippen LogP contribution in [0.3, 0.4) is 0 Å². The minimum Gasteiger partial charge on any atom is -0.198 e. The van der Waals surface area contributed by atoms with Crippen molar-refractivity contribution in [3.05, 3.63) is 69.7 Å². The molecule has 0 saturated heterocycles. The molecule has 3 heteroatoms. The molecule has 0 spiro atoms. The molecule has 18 heavy (non-hydrogen) atoms.